The summed E-state index contributed by atoms with van der Waals surface area (Å²) in [4.78, 5) is 15.9. The van der Waals surface area contributed by atoms with Crippen LogP contribution in [0.25, 0.3) is 11.3 Å². The van der Waals surface area contributed by atoms with Gasteiger partial charge in [-0.1, -0.05) is 42.1 Å². The maximum absolute atomic E-state index is 14.5. The molecule has 1 aliphatic carbocycles. The van der Waals surface area contributed by atoms with Crippen LogP contribution in [0, 0.1) is 17.5 Å². The second-order valence-electron chi connectivity index (χ2n) is 10.8. The summed E-state index contributed by atoms with van der Waals surface area (Å²) in [7, 11) is 1.31. The van der Waals surface area contributed by atoms with E-state index in [-0.39, 0.29) is 11.3 Å². The minimum atomic E-state index is -1.63. The summed E-state index contributed by atoms with van der Waals surface area (Å²) in [5.41, 5.74) is 0.268. The third-order valence-corrected chi connectivity index (χ3v) is 8.31. The molecule has 1 saturated heterocycles. The zero-order valence-corrected chi connectivity index (χ0v) is 23.9. The number of carbonyl (C=O) groups is 1. The molecule has 1 saturated carbocycles. The van der Waals surface area contributed by atoms with Crippen molar-refractivity contribution in [1.29, 1.82) is 0 Å². The first-order chi connectivity index (χ1) is 20.6. The Bertz CT molecular complexity index is 1420. The highest BCUT2D eigenvalue weighted by Gasteiger charge is 2.52. The van der Waals surface area contributed by atoms with Gasteiger partial charge >= 0.3 is 0 Å². The Balaban J connectivity index is 1.54. The lowest BCUT2D eigenvalue weighted by Gasteiger charge is -2.45. The summed E-state index contributed by atoms with van der Waals surface area (Å²) < 4.78 is 54.2. The normalized spacial score (nSPS) is 28.0. The number of carbonyl (C=O) groups excluding carboxylic acids is 1. The van der Waals surface area contributed by atoms with Crippen molar-refractivity contribution in [2.24, 2.45) is 0 Å². The molecule has 3 N–H and O–H groups in total. The largest absolute Gasteiger partial charge is 0.394 e. The van der Waals surface area contributed by atoms with Gasteiger partial charge in [-0.25, -0.2) is 17.9 Å². The molecule has 1 amide bonds. The van der Waals surface area contributed by atoms with E-state index in [0.29, 0.717) is 23.6 Å². The van der Waals surface area contributed by atoms with E-state index in [1.807, 2.05) is 0 Å². The SMILES string of the molecule is COC1C(C(=O)N(c2cccc(Cl)c2)[C@H]2CCCCC[C@@H]2O)OC(CO)C(O)C1n1cc(-c2cc(F)c(F)c(F)c2)nn1. The smallest absolute Gasteiger partial charge is 0.259 e. The van der Waals surface area contributed by atoms with Crippen molar-refractivity contribution in [3.63, 3.8) is 0 Å². The first-order valence-corrected chi connectivity index (χ1v) is 14.3. The van der Waals surface area contributed by atoms with Crippen LogP contribution in [0.15, 0.2) is 42.6 Å². The number of amides is 1. The molecule has 2 fully saturated rings. The Labute approximate surface area is 250 Å². The lowest BCUT2D eigenvalue weighted by molar-refractivity contribution is -0.211. The summed E-state index contributed by atoms with van der Waals surface area (Å²) in [5, 5.41) is 40.7. The van der Waals surface area contributed by atoms with E-state index in [0.717, 1.165) is 36.1 Å². The van der Waals surface area contributed by atoms with Crippen LogP contribution in [0.1, 0.15) is 38.1 Å². The molecule has 10 nitrogen and oxygen atoms in total. The Morgan fingerprint density at radius 3 is 2.53 bits per heavy atom. The third-order valence-electron chi connectivity index (χ3n) is 8.08. The van der Waals surface area contributed by atoms with E-state index in [9.17, 15) is 33.3 Å². The van der Waals surface area contributed by atoms with Crippen LogP contribution in [-0.4, -0.2) is 86.5 Å². The van der Waals surface area contributed by atoms with Crippen LogP contribution < -0.4 is 4.90 Å². The number of aliphatic hydroxyl groups is 3. The molecule has 2 aliphatic rings. The number of aromatic nitrogens is 3. The molecule has 232 valence electrons. The number of hydrogen-bond donors (Lipinski definition) is 3. The number of hydrogen-bond acceptors (Lipinski definition) is 8. The summed E-state index contributed by atoms with van der Waals surface area (Å²) in [6, 6.07) is 6.35. The molecule has 1 aromatic heterocycles. The van der Waals surface area contributed by atoms with Gasteiger partial charge < -0.3 is 29.7 Å². The van der Waals surface area contributed by atoms with Crippen molar-refractivity contribution in [1.82, 2.24) is 15.0 Å². The highest BCUT2D eigenvalue weighted by Crippen LogP contribution is 2.36. The number of halogens is 4. The van der Waals surface area contributed by atoms with Crippen LogP contribution >= 0.6 is 11.6 Å². The summed E-state index contributed by atoms with van der Waals surface area (Å²) >= 11 is 6.28. The van der Waals surface area contributed by atoms with Crippen molar-refractivity contribution in [3.8, 4) is 11.3 Å². The Morgan fingerprint density at radius 2 is 1.86 bits per heavy atom. The average Bonchev–Trinajstić information content (AvgIpc) is 3.38. The topological polar surface area (TPSA) is 130 Å². The van der Waals surface area contributed by atoms with Crippen LogP contribution in [0.5, 0.6) is 0 Å². The first-order valence-electron chi connectivity index (χ1n) is 13.9. The quantitative estimate of drug-likeness (QED) is 0.269. The van der Waals surface area contributed by atoms with Gasteiger partial charge in [0.05, 0.1) is 24.9 Å². The van der Waals surface area contributed by atoms with Crippen molar-refractivity contribution < 1.29 is 42.8 Å². The van der Waals surface area contributed by atoms with Gasteiger partial charge in [-0.15, -0.1) is 5.10 Å². The highest BCUT2D eigenvalue weighted by molar-refractivity contribution is 6.31. The van der Waals surface area contributed by atoms with Gasteiger partial charge in [0.2, 0.25) is 0 Å². The number of rotatable bonds is 7. The molecular formula is C29H32ClF3N4O6. The molecule has 5 unspecified atom stereocenters. The first kappa shape index (κ1) is 31.4. The van der Waals surface area contributed by atoms with Gasteiger partial charge in [-0.2, -0.15) is 0 Å². The number of aliphatic hydroxyl groups excluding tert-OH is 3. The summed E-state index contributed by atoms with van der Waals surface area (Å²) in [6.45, 7) is -0.670. The lowest BCUT2D eigenvalue weighted by atomic mass is 9.90. The molecule has 43 heavy (non-hydrogen) atoms. The fourth-order valence-corrected chi connectivity index (χ4v) is 6.12. The van der Waals surface area contributed by atoms with Gasteiger partial charge in [-0.05, 0) is 43.2 Å². The second-order valence-corrected chi connectivity index (χ2v) is 11.2. The van der Waals surface area contributed by atoms with E-state index >= 15 is 0 Å². The third kappa shape index (κ3) is 6.28. The molecule has 0 spiro atoms. The average molecular weight is 625 g/mol. The molecule has 7 atom stereocenters. The molecule has 2 heterocycles. The number of nitrogens with zero attached hydrogens (tertiary/aromatic N) is 4. The van der Waals surface area contributed by atoms with E-state index in [1.54, 1.807) is 24.3 Å². The number of anilines is 1. The monoisotopic (exact) mass is 624 g/mol. The fraction of sp³-hybridized carbons (Fsp3) is 0.483. The predicted octanol–water partition coefficient (Wildman–Crippen LogP) is 3.42. The molecule has 0 radical (unpaired) electrons. The zero-order chi connectivity index (χ0) is 30.8. The zero-order valence-electron chi connectivity index (χ0n) is 23.2. The van der Waals surface area contributed by atoms with Gasteiger partial charge in [0, 0.05) is 23.4 Å². The lowest BCUT2D eigenvalue weighted by Crippen LogP contribution is -2.63. The number of methoxy groups -OCH3 is 1. The fourth-order valence-electron chi connectivity index (χ4n) is 5.93. The van der Waals surface area contributed by atoms with Crippen LogP contribution in [-0.2, 0) is 14.3 Å². The minimum absolute atomic E-state index is 0.0445. The molecule has 1 aliphatic heterocycles. The van der Waals surface area contributed by atoms with Gasteiger partial charge in [0.25, 0.3) is 5.91 Å². The van der Waals surface area contributed by atoms with E-state index in [1.165, 1.54) is 18.2 Å². The van der Waals surface area contributed by atoms with Crippen molar-refractivity contribution in [3.05, 3.63) is 65.1 Å². The maximum atomic E-state index is 14.5. The van der Waals surface area contributed by atoms with Gasteiger partial charge in [0.15, 0.2) is 23.6 Å². The van der Waals surface area contributed by atoms with Gasteiger partial charge in [-0.3, -0.25) is 4.79 Å². The van der Waals surface area contributed by atoms with Crippen LogP contribution in [0.3, 0.4) is 0 Å². The highest BCUT2D eigenvalue weighted by atomic mass is 35.5. The Morgan fingerprint density at radius 1 is 1.14 bits per heavy atom. The molecular weight excluding hydrogens is 593 g/mol. The molecule has 2 aromatic carbocycles. The van der Waals surface area contributed by atoms with E-state index < -0.39 is 72.6 Å². The van der Waals surface area contributed by atoms with Crippen molar-refractivity contribution in [2.75, 3.05) is 18.6 Å². The molecule has 0 bridgehead atoms. The summed E-state index contributed by atoms with van der Waals surface area (Å²) in [6.07, 6.45) is -1.44. The minimum Gasteiger partial charge on any atom is -0.394 e. The standard InChI is InChI=1S/C29H32ClF3N4O6/c1-42-27-25(36-13-20(34-35-36)15-10-18(31)24(33)19(32)11-15)26(40)23(14-38)43-28(27)29(41)37(17-7-5-6-16(30)12-17)21-8-3-2-4-9-22(21)39/h5-7,10-13,21-23,25-28,38-40H,2-4,8-9,14H2,1H3/t21-,22-,23?,25?,26?,27?,28?/m0/s1. The Kier molecular flexibility index (Phi) is 9.69. The second kappa shape index (κ2) is 13.3. The molecule has 5 rings (SSSR count). The molecule has 14 heteroatoms. The summed E-state index contributed by atoms with van der Waals surface area (Å²) in [5.74, 6) is -5.07. The number of ether oxygens (including phenoxy) is 2. The number of benzene rings is 2. The molecule has 3 aromatic rings. The maximum Gasteiger partial charge on any atom is 0.259 e. The van der Waals surface area contributed by atoms with E-state index in [2.05, 4.69) is 10.3 Å². The van der Waals surface area contributed by atoms with Crippen LogP contribution in [0.4, 0.5) is 18.9 Å². The predicted molar refractivity (Wildman–Crippen MR) is 149 cm³/mol. The van der Waals surface area contributed by atoms with E-state index in [4.69, 9.17) is 21.1 Å². The van der Waals surface area contributed by atoms with Gasteiger partial charge in [0.1, 0.15) is 30.0 Å². The van der Waals surface area contributed by atoms with Crippen molar-refractivity contribution in [2.45, 2.75) is 74.7 Å². The van der Waals surface area contributed by atoms with Crippen LogP contribution in [0.2, 0.25) is 5.02 Å². The Hall–Kier alpha value is -3.07. The van der Waals surface area contributed by atoms with Crippen molar-refractivity contribution >= 4 is 23.2 Å².